The molecule has 0 aromatic heterocycles. The number of benzene rings is 1. The van der Waals surface area contributed by atoms with Gasteiger partial charge in [0.25, 0.3) is 0 Å². The van der Waals surface area contributed by atoms with Crippen molar-refractivity contribution in [3.05, 3.63) is 33.3 Å². The van der Waals surface area contributed by atoms with Crippen molar-refractivity contribution in [2.24, 2.45) is 11.8 Å². The zero-order chi connectivity index (χ0) is 13.8. The molecule has 1 nitrogen and oxygen atoms in total. The van der Waals surface area contributed by atoms with Crippen molar-refractivity contribution in [3.63, 3.8) is 0 Å². The van der Waals surface area contributed by atoms with Gasteiger partial charge in [0.1, 0.15) is 0 Å². The standard InChI is InChI=1S/C16H23BrClN/c1-11(2)14-5-3-4-6-16(14)19-10-12-9-13(17)7-8-15(12)18/h7-9,11,14,16,19H,3-6,10H2,1-2H3. The third kappa shape index (κ3) is 4.21. The van der Waals surface area contributed by atoms with Crippen LogP contribution in [0, 0.1) is 11.8 Å². The molecule has 1 fully saturated rings. The van der Waals surface area contributed by atoms with Crippen LogP contribution in [0.4, 0.5) is 0 Å². The molecule has 0 bridgehead atoms. The summed E-state index contributed by atoms with van der Waals surface area (Å²) in [7, 11) is 0. The molecule has 1 aliphatic rings. The molecule has 3 heteroatoms. The van der Waals surface area contributed by atoms with Gasteiger partial charge in [0.2, 0.25) is 0 Å². The van der Waals surface area contributed by atoms with Gasteiger partial charge < -0.3 is 5.32 Å². The van der Waals surface area contributed by atoms with Gasteiger partial charge in [-0.15, -0.1) is 0 Å². The van der Waals surface area contributed by atoms with E-state index in [1.54, 1.807) is 0 Å². The van der Waals surface area contributed by atoms with E-state index >= 15 is 0 Å². The average Bonchev–Trinajstić information content (AvgIpc) is 2.40. The lowest BCUT2D eigenvalue weighted by Gasteiger charge is -2.35. The summed E-state index contributed by atoms with van der Waals surface area (Å²) in [6.45, 7) is 5.56. The van der Waals surface area contributed by atoms with Crippen molar-refractivity contribution >= 4 is 27.5 Å². The summed E-state index contributed by atoms with van der Waals surface area (Å²) in [6.07, 6.45) is 5.40. The fraction of sp³-hybridized carbons (Fsp3) is 0.625. The molecule has 1 aromatic carbocycles. The first kappa shape index (κ1) is 15.3. The van der Waals surface area contributed by atoms with Gasteiger partial charge in [-0.3, -0.25) is 0 Å². The average molecular weight is 345 g/mol. The molecule has 1 N–H and O–H groups in total. The summed E-state index contributed by atoms with van der Waals surface area (Å²) in [4.78, 5) is 0. The molecule has 1 saturated carbocycles. The number of rotatable bonds is 4. The predicted molar refractivity (Wildman–Crippen MR) is 86.6 cm³/mol. The number of nitrogens with one attached hydrogen (secondary N) is 1. The van der Waals surface area contributed by atoms with E-state index in [4.69, 9.17) is 11.6 Å². The van der Waals surface area contributed by atoms with E-state index in [0.29, 0.717) is 6.04 Å². The number of hydrogen-bond donors (Lipinski definition) is 1. The smallest absolute Gasteiger partial charge is 0.0451 e. The van der Waals surface area contributed by atoms with Gasteiger partial charge in [-0.05, 0) is 48.4 Å². The highest BCUT2D eigenvalue weighted by molar-refractivity contribution is 9.10. The Morgan fingerprint density at radius 1 is 1.32 bits per heavy atom. The third-order valence-corrected chi connectivity index (χ3v) is 5.10. The van der Waals surface area contributed by atoms with Gasteiger partial charge in [-0.1, -0.05) is 54.2 Å². The van der Waals surface area contributed by atoms with Gasteiger partial charge >= 0.3 is 0 Å². The predicted octanol–water partition coefficient (Wildman–Crippen LogP) is 5.41. The third-order valence-electron chi connectivity index (χ3n) is 4.24. The Morgan fingerprint density at radius 2 is 2.05 bits per heavy atom. The molecule has 0 spiro atoms. The normalized spacial score (nSPS) is 23.8. The second kappa shape index (κ2) is 7.10. The zero-order valence-corrected chi connectivity index (χ0v) is 14.1. The van der Waals surface area contributed by atoms with Crippen molar-refractivity contribution in [2.45, 2.75) is 52.1 Å². The summed E-state index contributed by atoms with van der Waals surface area (Å²) < 4.78 is 1.10. The first-order valence-electron chi connectivity index (χ1n) is 7.25. The maximum atomic E-state index is 6.25. The molecule has 1 aromatic rings. The van der Waals surface area contributed by atoms with Crippen LogP contribution in [0.5, 0.6) is 0 Å². The van der Waals surface area contributed by atoms with Crippen molar-refractivity contribution in [1.82, 2.24) is 5.32 Å². The molecule has 0 amide bonds. The topological polar surface area (TPSA) is 12.0 Å². The van der Waals surface area contributed by atoms with E-state index in [-0.39, 0.29) is 0 Å². The monoisotopic (exact) mass is 343 g/mol. The molecule has 1 aliphatic carbocycles. The first-order chi connectivity index (χ1) is 9.08. The quantitative estimate of drug-likeness (QED) is 0.770. The molecule has 2 unspecified atom stereocenters. The molecule has 2 atom stereocenters. The van der Waals surface area contributed by atoms with Gasteiger partial charge in [0, 0.05) is 22.1 Å². The highest BCUT2D eigenvalue weighted by Gasteiger charge is 2.26. The molecule has 2 rings (SSSR count). The summed E-state index contributed by atoms with van der Waals surface area (Å²) in [5, 5.41) is 4.59. The van der Waals surface area contributed by atoms with Crippen LogP contribution < -0.4 is 5.32 Å². The van der Waals surface area contributed by atoms with Crippen molar-refractivity contribution in [3.8, 4) is 0 Å². The fourth-order valence-corrected chi connectivity index (χ4v) is 3.72. The molecule has 0 aliphatic heterocycles. The van der Waals surface area contributed by atoms with Crippen LogP contribution >= 0.6 is 27.5 Å². The van der Waals surface area contributed by atoms with E-state index in [9.17, 15) is 0 Å². The number of halogens is 2. The van der Waals surface area contributed by atoms with Gasteiger partial charge in [0.05, 0.1) is 0 Å². The van der Waals surface area contributed by atoms with E-state index in [2.05, 4.69) is 41.2 Å². The van der Waals surface area contributed by atoms with Crippen LogP contribution in [-0.4, -0.2) is 6.04 Å². The van der Waals surface area contributed by atoms with E-state index < -0.39 is 0 Å². The Morgan fingerprint density at radius 3 is 2.79 bits per heavy atom. The van der Waals surface area contributed by atoms with Gasteiger partial charge in [-0.25, -0.2) is 0 Å². The minimum atomic E-state index is 0.642. The van der Waals surface area contributed by atoms with Crippen LogP contribution in [0.15, 0.2) is 22.7 Å². The molecule has 0 radical (unpaired) electrons. The molecule has 106 valence electrons. The lowest BCUT2D eigenvalue weighted by Crippen LogP contribution is -2.40. The van der Waals surface area contributed by atoms with E-state index in [0.717, 1.165) is 27.9 Å². The van der Waals surface area contributed by atoms with E-state index in [1.807, 2.05) is 12.1 Å². The minimum Gasteiger partial charge on any atom is -0.310 e. The summed E-state index contributed by atoms with van der Waals surface area (Å²) in [5.74, 6) is 1.57. The molecular formula is C16H23BrClN. The maximum Gasteiger partial charge on any atom is 0.0451 e. The van der Waals surface area contributed by atoms with Crippen LogP contribution in [-0.2, 0) is 6.54 Å². The highest BCUT2D eigenvalue weighted by atomic mass is 79.9. The Hall–Kier alpha value is -0.0500. The van der Waals surface area contributed by atoms with Crippen molar-refractivity contribution in [1.29, 1.82) is 0 Å². The first-order valence-corrected chi connectivity index (χ1v) is 8.42. The fourth-order valence-electron chi connectivity index (χ4n) is 3.13. The largest absolute Gasteiger partial charge is 0.310 e. The maximum absolute atomic E-state index is 6.25. The lowest BCUT2D eigenvalue weighted by molar-refractivity contribution is 0.204. The SMILES string of the molecule is CC(C)C1CCCCC1NCc1cc(Br)ccc1Cl. The van der Waals surface area contributed by atoms with Crippen LogP contribution in [0.25, 0.3) is 0 Å². The Labute approximate surface area is 130 Å². The van der Waals surface area contributed by atoms with Crippen molar-refractivity contribution < 1.29 is 0 Å². The second-order valence-electron chi connectivity index (χ2n) is 5.92. The number of hydrogen-bond acceptors (Lipinski definition) is 1. The van der Waals surface area contributed by atoms with Crippen molar-refractivity contribution in [2.75, 3.05) is 0 Å². The Bertz CT molecular complexity index is 419. The molecule has 0 saturated heterocycles. The highest BCUT2D eigenvalue weighted by Crippen LogP contribution is 2.30. The molecule has 0 heterocycles. The zero-order valence-electron chi connectivity index (χ0n) is 11.8. The summed E-state index contributed by atoms with van der Waals surface area (Å²) >= 11 is 9.76. The molecular weight excluding hydrogens is 322 g/mol. The second-order valence-corrected chi connectivity index (χ2v) is 7.24. The molecule has 19 heavy (non-hydrogen) atoms. The van der Waals surface area contributed by atoms with Crippen LogP contribution in [0.3, 0.4) is 0 Å². The summed E-state index contributed by atoms with van der Waals surface area (Å²) in [6, 6.07) is 6.71. The minimum absolute atomic E-state index is 0.642. The Balaban J connectivity index is 1.98. The van der Waals surface area contributed by atoms with E-state index in [1.165, 1.54) is 31.2 Å². The Kier molecular flexibility index (Phi) is 5.73. The summed E-state index contributed by atoms with van der Waals surface area (Å²) in [5.41, 5.74) is 1.18. The van der Waals surface area contributed by atoms with Crippen LogP contribution in [0.2, 0.25) is 5.02 Å². The van der Waals surface area contributed by atoms with Crippen LogP contribution in [0.1, 0.15) is 45.1 Å². The van der Waals surface area contributed by atoms with Gasteiger partial charge in [-0.2, -0.15) is 0 Å². The van der Waals surface area contributed by atoms with Gasteiger partial charge in [0.15, 0.2) is 0 Å². The lowest BCUT2D eigenvalue weighted by atomic mass is 9.78.